The van der Waals surface area contributed by atoms with Crippen molar-refractivity contribution in [3.63, 3.8) is 0 Å². The average Bonchev–Trinajstić information content (AvgIpc) is 2.30. The Balaban J connectivity index is 2.21. The normalized spacial score (nSPS) is 36.9. The summed E-state index contributed by atoms with van der Waals surface area (Å²) in [7, 11) is 0. The van der Waals surface area contributed by atoms with Crippen molar-refractivity contribution in [2.45, 2.75) is 18.4 Å². The maximum Gasteiger partial charge on any atom is 0.140 e. The van der Waals surface area contributed by atoms with Crippen molar-refractivity contribution in [1.82, 2.24) is 0 Å². The molecule has 0 aromatic rings. The van der Waals surface area contributed by atoms with Crippen molar-refractivity contribution in [3.8, 4) is 0 Å². The van der Waals surface area contributed by atoms with Gasteiger partial charge in [-0.15, -0.1) is 11.8 Å². The van der Waals surface area contributed by atoms with Crippen LogP contribution in [0.5, 0.6) is 0 Å². The highest BCUT2D eigenvalue weighted by atomic mass is 32.2. The molecule has 2 unspecified atom stereocenters. The maximum atomic E-state index is 5.80. The van der Waals surface area contributed by atoms with Gasteiger partial charge in [-0.1, -0.05) is 0 Å². The Morgan fingerprint density at radius 2 is 2.36 bits per heavy atom. The minimum absolute atomic E-state index is 0.00810. The number of thioether (sulfide) groups is 1. The Kier molecular flexibility index (Phi) is 1.83. The summed E-state index contributed by atoms with van der Waals surface area (Å²) in [6.45, 7) is 3.35. The number of ether oxygens (including phenoxy) is 2. The Morgan fingerprint density at radius 1 is 1.55 bits per heavy atom. The molecular formula is C7H11NO2S. The van der Waals surface area contributed by atoms with Crippen LogP contribution >= 0.6 is 11.8 Å². The van der Waals surface area contributed by atoms with Crippen molar-refractivity contribution >= 4 is 11.8 Å². The van der Waals surface area contributed by atoms with Crippen LogP contribution in [-0.4, -0.2) is 24.7 Å². The van der Waals surface area contributed by atoms with Gasteiger partial charge in [-0.25, -0.2) is 0 Å². The first-order chi connectivity index (χ1) is 5.29. The van der Waals surface area contributed by atoms with E-state index in [4.69, 9.17) is 15.2 Å². The number of rotatable bonds is 0. The first kappa shape index (κ1) is 7.46. The summed E-state index contributed by atoms with van der Waals surface area (Å²) >= 11 is 1.63. The van der Waals surface area contributed by atoms with Gasteiger partial charge in [0.2, 0.25) is 0 Å². The van der Waals surface area contributed by atoms with Crippen molar-refractivity contribution in [3.05, 3.63) is 10.7 Å². The highest BCUT2D eigenvalue weighted by molar-refractivity contribution is 8.03. The summed E-state index contributed by atoms with van der Waals surface area (Å²) in [5, 5.41) is 0.0327. The molecule has 2 atom stereocenters. The molecule has 3 nitrogen and oxygen atoms in total. The van der Waals surface area contributed by atoms with Crippen molar-refractivity contribution in [2.75, 3.05) is 13.2 Å². The minimum Gasteiger partial charge on any atom is -0.492 e. The maximum absolute atomic E-state index is 5.80. The number of hydrogen-bond donors (Lipinski definition) is 1. The second-order valence-electron chi connectivity index (χ2n) is 2.64. The van der Waals surface area contributed by atoms with E-state index in [2.05, 4.69) is 0 Å². The highest BCUT2D eigenvalue weighted by Crippen LogP contribution is 2.38. The fourth-order valence-electron chi connectivity index (χ4n) is 1.35. The van der Waals surface area contributed by atoms with Crippen LogP contribution in [-0.2, 0) is 9.47 Å². The van der Waals surface area contributed by atoms with Gasteiger partial charge in [-0.2, -0.15) is 0 Å². The molecule has 2 aliphatic rings. The van der Waals surface area contributed by atoms with E-state index < -0.39 is 0 Å². The van der Waals surface area contributed by atoms with E-state index >= 15 is 0 Å². The standard InChI is InChI=1S/C7H11NO2S/c1-4-5-6(7(8)11-4)10-3-2-9-5/h6-7H,2-3,8H2,1H3. The third kappa shape index (κ3) is 1.15. The van der Waals surface area contributed by atoms with Gasteiger partial charge in [0.25, 0.3) is 0 Å². The summed E-state index contributed by atoms with van der Waals surface area (Å²) in [6, 6.07) is 0. The molecule has 1 fully saturated rings. The van der Waals surface area contributed by atoms with Crippen LogP contribution in [0, 0.1) is 0 Å². The third-order valence-corrected chi connectivity index (χ3v) is 2.93. The summed E-state index contributed by atoms with van der Waals surface area (Å²) in [5.74, 6) is 0.953. The minimum atomic E-state index is 0.00810. The Labute approximate surface area is 69.9 Å². The van der Waals surface area contributed by atoms with Crippen LogP contribution in [0.4, 0.5) is 0 Å². The van der Waals surface area contributed by atoms with Gasteiger partial charge >= 0.3 is 0 Å². The first-order valence-electron chi connectivity index (χ1n) is 3.66. The predicted octanol–water partition coefficient (Wildman–Crippen LogP) is 0.665. The lowest BCUT2D eigenvalue weighted by molar-refractivity contribution is -0.0399. The first-order valence-corrected chi connectivity index (χ1v) is 4.54. The van der Waals surface area contributed by atoms with Crippen LogP contribution < -0.4 is 5.73 Å². The van der Waals surface area contributed by atoms with E-state index in [0.717, 1.165) is 5.76 Å². The Morgan fingerprint density at radius 3 is 3.09 bits per heavy atom. The van der Waals surface area contributed by atoms with Gasteiger partial charge in [-0.05, 0) is 6.92 Å². The van der Waals surface area contributed by atoms with Gasteiger partial charge in [0.15, 0.2) is 0 Å². The van der Waals surface area contributed by atoms with Gasteiger partial charge in [-0.3, -0.25) is 0 Å². The van der Waals surface area contributed by atoms with E-state index in [1.807, 2.05) is 6.92 Å². The van der Waals surface area contributed by atoms with E-state index in [1.54, 1.807) is 11.8 Å². The molecule has 1 saturated heterocycles. The molecule has 0 radical (unpaired) electrons. The molecular weight excluding hydrogens is 162 g/mol. The smallest absolute Gasteiger partial charge is 0.140 e. The zero-order chi connectivity index (χ0) is 7.84. The Bertz CT molecular complexity index is 205. The molecule has 0 aromatic heterocycles. The number of nitrogens with two attached hydrogens (primary N) is 1. The Hall–Kier alpha value is -0.190. The molecule has 0 aromatic carbocycles. The summed E-state index contributed by atoms with van der Waals surface area (Å²) in [4.78, 5) is 1.17. The second kappa shape index (κ2) is 2.69. The lowest BCUT2D eigenvalue weighted by atomic mass is 10.2. The topological polar surface area (TPSA) is 44.5 Å². The van der Waals surface area contributed by atoms with Gasteiger partial charge < -0.3 is 15.2 Å². The molecule has 2 heterocycles. The van der Waals surface area contributed by atoms with E-state index in [1.165, 1.54) is 4.91 Å². The van der Waals surface area contributed by atoms with Crippen LogP contribution in [0.3, 0.4) is 0 Å². The van der Waals surface area contributed by atoms with E-state index in [9.17, 15) is 0 Å². The van der Waals surface area contributed by atoms with Crippen LogP contribution in [0.15, 0.2) is 10.7 Å². The lowest BCUT2D eigenvalue weighted by Gasteiger charge is -2.24. The third-order valence-electron chi connectivity index (χ3n) is 1.85. The van der Waals surface area contributed by atoms with Crippen LogP contribution in [0.2, 0.25) is 0 Å². The fourth-order valence-corrected chi connectivity index (χ4v) is 2.38. The molecule has 0 bridgehead atoms. The molecule has 62 valence electrons. The predicted molar refractivity (Wildman–Crippen MR) is 44.0 cm³/mol. The fraction of sp³-hybridized carbons (Fsp3) is 0.714. The SMILES string of the molecule is CC1=C2OCCOC2C(N)S1. The zero-order valence-corrected chi connectivity index (χ0v) is 7.19. The van der Waals surface area contributed by atoms with Crippen LogP contribution in [0.1, 0.15) is 6.92 Å². The van der Waals surface area contributed by atoms with Crippen molar-refractivity contribution in [1.29, 1.82) is 0 Å². The molecule has 2 N–H and O–H groups in total. The van der Waals surface area contributed by atoms with Crippen LogP contribution in [0.25, 0.3) is 0 Å². The van der Waals surface area contributed by atoms with Gasteiger partial charge in [0.1, 0.15) is 18.5 Å². The highest BCUT2D eigenvalue weighted by Gasteiger charge is 2.35. The van der Waals surface area contributed by atoms with Gasteiger partial charge in [0, 0.05) is 4.91 Å². The van der Waals surface area contributed by atoms with Crippen molar-refractivity contribution in [2.24, 2.45) is 5.73 Å². The number of fused-ring (bicyclic) bond motifs is 1. The molecule has 0 amide bonds. The molecule has 2 rings (SSSR count). The second-order valence-corrected chi connectivity index (χ2v) is 4.04. The molecule has 0 saturated carbocycles. The number of hydrogen-bond acceptors (Lipinski definition) is 4. The zero-order valence-electron chi connectivity index (χ0n) is 6.37. The molecule has 2 aliphatic heterocycles. The summed E-state index contributed by atoms with van der Waals surface area (Å²) in [5.41, 5.74) is 5.80. The molecule has 11 heavy (non-hydrogen) atoms. The average molecular weight is 173 g/mol. The number of allylic oxidation sites excluding steroid dienone is 1. The molecule has 4 heteroatoms. The van der Waals surface area contributed by atoms with E-state index in [0.29, 0.717) is 13.2 Å². The van der Waals surface area contributed by atoms with Crippen molar-refractivity contribution < 1.29 is 9.47 Å². The molecule has 0 aliphatic carbocycles. The van der Waals surface area contributed by atoms with E-state index in [-0.39, 0.29) is 11.5 Å². The molecule has 0 spiro atoms. The monoisotopic (exact) mass is 173 g/mol. The summed E-state index contributed by atoms with van der Waals surface area (Å²) < 4.78 is 10.9. The largest absolute Gasteiger partial charge is 0.492 e. The lowest BCUT2D eigenvalue weighted by Crippen LogP contribution is -2.36. The quantitative estimate of drug-likeness (QED) is 0.584. The summed E-state index contributed by atoms with van der Waals surface area (Å²) in [6.07, 6.45) is 0.00810. The van der Waals surface area contributed by atoms with Gasteiger partial charge in [0.05, 0.1) is 12.0 Å².